The summed E-state index contributed by atoms with van der Waals surface area (Å²) in [5, 5.41) is 5.00. The Morgan fingerprint density at radius 3 is 2.45 bits per heavy atom. The van der Waals surface area contributed by atoms with Gasteiger partial charge in [-0.1, -0.05) is 11.6 Å². The number of halogens is 1. The van der Waals surface area contributed by atoms with Crippen LogP contribution < -0.4 is 10.5 Å². The van der Waals surface area contributed by atoms with Gasteiger partial charge in [-0.25, -0.2) is 0 Å². The first kappa shape index (κ1) is 21.2. The van der Waals surface area contributed by atoms with Crippen LogP contribution in [0, 0.1) is 12.3 Å². The number of benzene rings is 1. The Hall–Kier alpha value is -2.54. The quantitative estimate of drug-likeness (QED) is 0.748. The Balaban J connectivity index is 1.67. The van der Waals surface area contributed by atoms with Crippen LogP contribution in [0.25, 0.3) is 0 Å². The first-order valence-corrected chi connectivity index (χ1v) is 10.2. The van der Waals surface area contributed by atoms with Gasteiger partial charge in [-0.3, -0.25) is 14.3 Å². The Morgan fingerprint density at radius 2 is 1.90 bits per heavy atom. The third kappa shape index (κ3) is 5.09. The maximum absolute atomic E-state index is 12.9. The molecule has 1 fully saturated rings. The second kappa shape index (κ2) is 8.86. The SMILES string of the molecule is CCn1cc(C(=O)N2CCC(COc3ccc(Cl)cc3)(CC(N)=O)CC2)c(C)n1. The van der Waals surface area contributed by atoms with Crippen molar-refractivity contribution in [1.29, 1.82) is 0 Å². The fourth-order valence-corrected chi connectivity index (χ4v) is 3.88. The Bertz CT molecular complexity index is 871. The maximum Gasteiger partial charge on any atom is 0.257 e. The van der Waals surface area contributed by atoms with Crippen molar-refractivity contribution in [3.8, 4) is 5.75 Å². The van der Waals surface area contributed by atoms with Crippen molar-refractivity contribution in [3.63, 3.8) is 0 Å². The first-order valence-electron chi connectivity index (χ1n) is 9.82. The highest BCUT2D eigenvalue weighted by Crippen LogP contribution is 2.36. The molecule has 0 spiro atoms. The molecule has 0 aliphatic carbocycles. The predicted octanol–water partition coefficient (Wildman–Crippen LogP) is 3.04. The van der Waals surface area contributed by atoms with E-state index in [1.807, 2.05) is 18.7 Å². The lowest BCUT2D eigenvalue weighted by molar-refractivity contribution is -0.121. The summed E-state index contributed by atoms with van der Waals surface area (Å²) in [5.41, 5.74) is 6.50. The van der Waals surface area contributed by atoms with E-state index < -0.39 is 0 Å². The van der Waals surface area contributed by atoms with Crippen LogP contribution in [-0.4, -0.2) is 46.2 Å². The third-order valence-corrected chi connectivity index (χ3v) is 5.77. The van der Waals surface area contributed by atoms with Crippen molar-refractivity contribution < 1.29 is 14.3 Å². The van der Waals surface area contributed by atoms with Gasteiger partial charge in [0.2, 0.25) is 5.91 Å². The largest absolute Gasteiger partial charge is 0.493 e. The van der Waals surface area contributed by atoms with E-state index in [-0.39, 0.29) is 23.7 Å². The van der Waals surface area contributed by atoms with Crippen molar-refractivity contribution in [2.75, 3.05) is 19.7 Å². The molecule has 29 heavy (non-hydrogen) atoms. The van der Waals surface area contributed by atoms with Crippen molar-refractivity contribution in [2.45, 2.75) is 39.7 Å². The monoisotopic (exact) mass is 418 g/mol. The van der Waals surface area contributed by atoms with Crippen LogP contribution in [0.2, 0.25) is 5.02 Å². The lowest BCUT2D eigenvalue weighted by Crippen LogP contribution is -2.47. The molecule has 0 bridgehead atoms. The summed E-state index contributed by atoms with van der Waals surface area (Å²) in [6.45, 7) is 6.02. The molecule has 2 aromatic rings. The Morgan fingerprint density at radius 1 is 1.24 bits per heavy atom. The van der Waals surface area contributed by atoms with Gasteiger partial charge in [0, 0.05) is 42.7 Å². The number of rotatable bonds is 7. The van der Waals surface area contributed by atoms with E-state index in [0.717, 1.165) is 12.2 Å². The molecule has 156 valence electrons. The molecule has 2 amide bonds. The maximum atomic E-state index is 12.9. The molecular formula is C21H27ClN4O3. The van der Waals surface area contributed by atoms with E-state index in [1.54, 1.807) is 35.1 Å². The van der Waals surface area contributed by atoms with Gasteiger partial charge in [0.1, 0.15) is 5.75 Å². The number of nitrogens with two attached hydrogens (primary N) is 1. The average Bonchev–Trinajstić information content (AvgIpc) is 3.08. The molecule has 1 saturated heterocycles. The van der Waals surface area contributed by atoms with Gasteiger partial charge < -0.3 is 15.4 Å². The third-order valence-electron chi connectivity index (χ3n) is 5.52. The second-order valence-corrected chi connectivity index (χ2v) is 8.10. The van der Waals surface area contributed by atoms with E-state index in [4.69, 9.17) is 22.1 Å². The molecule has 2 heterocycles. The minimum atomic E-state index is -0.384. The van der Waals surface area contributed by atoms with E-state index in [1.165, 1.54) is 0 Å². The molecule has 1 aliphatic rings. The number of primary amides is 1. The molecule has 0 radical (unpaired) electrons. The molecule has 0 atom stereocenters. The molecule has 1 aromatic carbocycles. The van der Waals surface area contributed by atoms with Crippen LogP contribution >= 0.6 is 11.6 Å². The highest BCUT2D eigenvalue weighted by molar-refractivity contribution is 6.30. The summed E-state index contributed by atoms with van der Waals surface area (Å²) >= 11 is 5.91. The van der Waals surface area contributed by atoms with E-state index in [2.05, 4.69) is 5.10 Å². The summed E-state index contributed by atoms with van der Waals surface area (Å²) in [4.78, 5) is 26.5. The number of amides is 2. The summed E-state index contributed by atoms with van der Waals surface area (Å²) in [7, 11) is 0. The highest BCUT2D eigenvalue weighted by atomic mass is 35.5. The predicted molar refractivity (Wildman–Crippen MR) is 111 cm³/mol. The molecule has 2 N–H and O–H groups in total. The normalized spacial score (nSPS) is 15.9. The van der Waals surface area contributed by atoms with Gasteiger partial charge in [-0.05, 0) is 51.0 Å². The standard InChI is InChI=1S/C21H27ClN4O3/c1-3-26-13-18(15(2)24-26)20(28)25-10-8-21(9-11-25,12-19(23)27)14-29-17-6-4-16(22)5-7-17/h4-7,13H,3,8-12,14H2,1-2H3,(H2,23,27). The number of nitrogens with zero attached hydrogens (tertiary/aromatic N) is 3. The smallest absolute Gasteiger partial charge is 0.257 e. The first-order chi connectivity index (χ1) is 13.8. The summed E-state index contributed by atoms with van der Waals surface area (Å²) in [5.74, 6) is 0.317. The zero-order valence-electron chi connectivity index (χ0n) is 16.9. The minimum Gasteiger partial charge on any atom is -0.493 e. The van der Waals surface area contributed by atoms with Crippen molar-refractivity contribution >= 4 is 23.4 Å². The minimum absolute atomic E-state index is 0.0199. The van der Waals surface area contributed by atoms with Crippen molar-refractivity contribution in [1.82, 2.24) is 14.7 Å². The summed E-state index contributed by atoms with van der Waals surface area (Å²) < 4.78 is 7.71. The molecular weight excluding hydrogens is 392 g/mol. The number of hydrogen-bond acceptors (Lipinski definition) is 4. The van der Waals surface area contributed by atoms with E-state index >= 15 is 0 Å². The molecule has 1 aromatic heterocycles. The number of aryl methyl sites for hydroxylation is 2. The number of aromatic nitrogens is 2. The second-order valence-electron chi connectivity index (χ2n) is 7.66. The van der Waals surface area contributed by atoms with Gasteiger partial charge in [-0.2, -0.15) is 5.10 Å². The molecule has 1 aliphatic heterocycles. The number of piperidine rings is 1. The van der Waals surface area contributed by atoms with Gasteiger partial charge in [0.05, 0.1) is 17.9 Å². The van der Waals surface area contributed by atoms with Gasteiger partial charge >= 0.3 is 0 Å². The van der Waals surface area contributed by atoms with Gasteiger partial charge in [0.15, 0.2) is 0 Å². The average molecular weight is 419 g/mol. The van der Waals surface area contributed by atoms with Crippen LogP contribution in [0.1, 0.15) is 42.2 Å². The number of carbonyl (C=O) groups is 2. The van der Waals surface area contributed by atoms with Gasteiger partial charge in [-0.15, -0.1) is 0 Å². The lowest BCUT2D eigenvalue weighted by atomic mass is 9.76. The fourth-order valence-electron chi connectivity index (χ4n) is 3.75. The van der Waals surface area contributed by atoms with Crippen LogP contribution in [0.15, 0.2) is 30.5 Å². The van der Waals surface area contributed by atoms with Crippen LogP contribution in [0.5, 0.6) is 5.75 Å². The summed E-state index contributed by atoms with van der Waals surface area (Å²) in [6, 6.07) is 7.12. The number of ether oxygens (including phenoxy) is 1. The number of carbonyl (C=O) groups excluding carboxylic acids is 2. The molecule has 3 rings (SSSR count). The van der Waals surface area contributed by atoms with Crippen LogP contribution in [0.3, 0.4) is 0 Å². The molecule has 7 nitrogen and oxygen atoms in total. The molecule has 0 unspecified atom stereocenters. The zero-order chi connectivity index (χ0) is 21.0. The van der Waals surface area contributed by atoms with E-state index in [9.17, 15) is 9.59 Å². The number of likely N-dealkylation sites (tertiary alicyclic amines) is 1. The topological polar surface area (TPSA) is 90.5 Å². The molecule has 0 saturated carbocycles. The molecule has 8 heteroatoms. The van der Waals surface area contributed by atoms with Crippen molar-refractivity contribution in [3.05, 3.63) is 46.7 Å². The highest BCUT2D eigenvalue weighted by Gasteiger charge is 2.38. The van der Waals surface area contributed by atoms with Crippen LogP contribution in [-0.2, 0) is 11.3 Å². The zero-order valence-corrected chi connectivity index (χ0v) is 17.6. The van der Waals surface area contributed by atoms with Crippen molar-refractivity contribution in [2.24, 2.45) is 11.1 Å². The fraction of sp³-hybridized carbons (Fsp3) is 0.476. The van der Waals surface area contributed by atoms with Gasteiger partial charge in [0.25, 0.3) is 5.91 Å². The number of hydrogen-bond donors (Lipinski definition) is 1. The Kier molecular flexibility index (Phi) is 6.47. The Labute approximate surface area is 175 Å². The van der Waals surface area contributed by atoms with E-state index in [0.29, 0.717) is 48.9 Å². The summed E-state index contributed by atoms with van der Waals surface area (Å²) in [6.07, 6.45) is 3.33. The van der Waals surface area contributed by atoms with Crippen LogP contribution in [0.4, 0.5) is 0 Å². The lowest BCUT2D eigenvalue weighted by Gasteiger charge is -2.41.